The van der Waals surface area contributed by atoms with Crippen LogP contribution in [0.5, 0.6) is 0 Å². The molecule has 1 aliphatic heterocycles. The van der Waals surface area contributed by atoms with Gasteiger partial charge in [0.05, 0.1) is 11.8 Å². The fourth-order valence-electron chi connectivity index (χ4n) is 4.30. The average molecular weight is 455 g/mol. The zero-order valence-electron chi connectivity index (χ0n) is 16.6. The van der Waals surface area contributed by atoms with Gasteiger partial charge in [0.15, 0.2) is 0 Å². The van der Waals surface area contributed by atoms with Gasteiger partial charge < -0.3 is 4.90 Å². The van der Waals surface area contributed by atoms with Crippen LogP contribution in [0.4, 0.5) is 8.78 Å². The number of nitrogens with one attached hydrogen (secondary N) is 1. The Labute approximate surface area is 179 Å². The van der Waals surface area contributed by atoms with Crippen LogP contribution < -0.4 is 4.72 Å². The maximum atomic E-state index is 14.3. The summed E-state index contributed by atoms with van der Waals surface area (Å²) in [7, 11) is -3.27. The monoisotopic (exact) mass is 454 g/mol. The topological polar surface area (TPSA) is 66.5 Å². The molecule has 1 aromatic heterocycles. The predicted octanol–water partition coefficient (Wildman–Crippen LogP) is 3.73. The molecule has 1 aromatic carbocycles. The second-order valence-electron chi connectivity index (χ2n) is 8.09. The summed E-state index contributed by atoms with van der Waals surface area (Å²) in [6.45, 7) is 1.11. The van der Waals surface area contributed by atoms with Gasteiger partial charge in [-0.05, 0) is 49.3 Å². The molecule has 162 valence electrons. The van der Waals surface area contributed by atoms with Crippen LogP contribution in [0.3, 0.4) is 0 Å². The van der Waals surface area contributed by atoms with Crippen molar-refractivity contribution in [3.63, 3.8) is 0 Å². The Hall–Kier alpha value is -1.84. The highest BCUT2D eigenvalue weighted by molar-refractivity contribution is 7.88. The molecule has 1 aliphatic carbocycles. The number of carbonyl (C=O) groups excluding carboxylic acids is 1. The number of hydrogen-bond acceptors (Lipinski definition) is 4. The third-order valence-electron chi connectivity index (χ3n) is 5.79. The Balaban J connectivity index is 1.45. The SMILES string of the molecule is CS(=O)(=O)N[C@H]1CCCN(C(=O)[C@@H]2C[C@H]2c2sccc2-c2c(F)cccc2F)CC1. The molecule has 2 fully saturated rings. The molecular formula is C21H24F2N2O3S2. The van der Waals surface area contributed by atoms with E-state index in [4.69, 9.17) is 0 Å². The van der Waals surface area contributed by atoms with E-state index in [-0.39, 0.29) is 29.3 Å². The number of carbonyl (C=O) groups is 1. The third-order valence-corrected chi connectivity index (χ3v) is 7.60. The van der Waals surface area contributed by atoms with Gasteiger partial charge in [0.25, 0.3) is 0 Å². The van der Waals surface area contributed by atoms with Gasteiger partial charge in [-0.2, -0.15) is 0 Å². The smallest absolute Gasteiger partial charge is 0.226 e. The molecule has 2 heterocycles. The van der Waals surface area contributed by atoms with E-state index < -0.39 is 21.7 Å². The summed E-state index contributed by atoms with van der Waals surface area (Å²) in [5.74, 6) is -1.37. The number of halogens is 2. The zero-order chi connectivity index (χ0) is 21.5. The van der Waals surface area contributed by atoms with E-state index in [2.05, 4.69) is 4.72 Å². The van der Waals surface area contributed by atoms with Gasteiger partial charge in [-0.15, -0.1) is 11.3 Å². The van der Waals surface area contributed by atoms with Crippen LogP contribution >= 0.6 is 11.3 Å². The number of thiophene rings is 1. The van der Waals surface area contributed by atoms with Gasteiger partial charge in [-0.25, -0.2) is 21.9 Å². The van der Waals surface area contributed by atoms with Crippen LogP contribution in [0.15, 0.2) is 29.6 Å². The molecule has 1 amide bonds. The zero-order valence-corrected chi connectivity index (χ0v) is 18.2. The molecule has 4 rings (SSSR count). The minimum absolute atomic E-state index is 0.0281. The summed E-state index contributed by atoms with van der Waals surface area (Å²) in [5.41, 5.74) is 0.500. The van der Waals surface area contributed by atoms with Crippen molar-refractivity contribution in [1.29, 1.82) is 0 Å². The van der Waals surface area contributed by atoms with Gasteiger partial charge >= 0.3 is 0 Å². The van der Waals surface area contributed by atoms with E-state index in [9.17, 15) is 22.0 Å². The van der Waals surface area contributed by atoms with Gasteiger partial charge in [-0.1, -0.05) is 6.07 Å². The molecule has 2 aromatic rings. The minimum Gasteiger partial charge on any atom is -0.342 e. The van der Waals surface area contributed by atoms with Crippen molar-refractivity contribution in [2.45, 2.75) is 37.6 Å². The quantitative estimate of drug-likeness (QED) is 0.749. The Kier molecular flexibility index (Phi) is 5.96. The van der Waals surface area contributed by atoms with E-state index in [1.807, 2.05) is 10.3 Å². The Bertz CT molecular complexity index is 1030. The summed E-state index contributed by atoms with van der Waals surface area (Å²) in [4.78, 5) is 15.7. The number of amides is 1. The number of rotatable bonds is 5. The largest absolute Gasteiger partial charge is 0.342 e. The van der Waals surface area contributed by atoms with E-state index in [0.29, 0.717) is 37.9 Å². The van der Waals surface area contributed by atoms with Crippen LogP contribution in [0.1, 0.15) is 36.5 Å². The Morgan fingerprint density at radius 1 is 1.17 bits per heavy atom. The number of sulfonamides is 1. The lowest BCUT2D eigenvalue weighted by atomic mass is 10.0. The molecule has 30 heavy (non-hydrogen) atoms. The lowest BCUT2D eigenvalue weighted by Crippen LogP contribution is -2.36. The summed E-state index contributed by atoms with van der Waals surface area (Å²) in [6.07, 6.45) is 3.84. The van der Waals surface area contributed by atoms with Crippen LogP contribution in [0.25, 0.3) is 11.1 Å². The molecule has 9 heteroatoms. The standard InChI is InChI=1S/C21H24F2N2O3S2/c1-30(27,28)24-13-4-3-9-25(10-7-13)21(26)16-12-15(16)20-14(8-11-29-20)19-17(22)5-2-6-18(19)23/h2,5-6,8,11,13,15-16,24H,3-4,7,9-10,12H2,1H3/t13-,15+,16+/m0/s1. The fraction of sp³-hybridized carbons (Fsp3) is 0.476. The van der Waals surface area contributed by atoms with Crippen LogP contribution in [0, 0.1) is 17.6 Å². The lowest BCUT2D eigenvalue weighted by Gasteiger charge is -2.21. The second kappa shape index (κ2) is 8.36. The van der Waals surface area contributed by atoms with Gasteiger partial charge in [0.2, 0.25) is 15.9 Å². The molecule has 0 unspecified atom stereocenters. The molecule has 1 N–H and O–H groups in total. The van der Waals surface area contributed by atoms with Crippen molar-refractivity contribution in [3.05, 3.63) is 46.2 Å². The van der Waals surface area contributed by atoms with Gasteiger partial charge in [-0.3, -0.25) is 4.79 Å². The second-order valence-corrected chi connectivity index (χ2v) is 10.8. The first-order valence-corrected chi connectivity index (χ1v) is 12.8. The van der Waals surface area contributed by atoms with E-state index in [0.717, 1.165) is 17.6 Å². The third kappa shape index (κ3) is 4.58. The van der Waals surface area contributed by atoms with E-state index >= 15 is 0 Å². The summed E-state index contributed by atoms with van der Waals surface area (Å²) in [5, 5.41) is 1.81. The number of benzene rings is 1. The molecule has 0 bridgehead atoms. The highest BCUT2D eigenvalue weighted by Crippen LogP contribution is 2.53. The van der Waals surface area contributed by atoms with Crippen LogP contribution in [0.2, 0.25) is 0 Å². The highest BCUT2D eigenvalue weighted by atomic mass is 32.2. The molecular weight excluding hydrogens is 430 g/mol. The summed E-state index contributed by atoms with van der Waals surface area (Å²) < 4.78 is 54.1. The average Bonchev–Trinajstić information content (AvgIpc) is 3.37. The van der Waals surface area contributed by atoms with Crippen molar-refractivity contribution in [2.75, 3.05) is 19.3 Å². The minimum atomic E-state index is -3.27. The van der Waals surface area contributed by atoms with Crippen molar-refractivity contribution in [1.82, 2.24) is 9.62 Å². The molecule has 1 saturated carbocycles. The fourth-order valence-corrected chi connectivity index (χ4v) is 6.22. The normalized spacial score (nSPS) is 24.5. The van der Waals surface area contributed by atoms with E-state index in [1.54, 1.807) is 6.07 Å². The van der Waals surface area contributed by atoms with Crippen molar-refractivity contribution < 1.29 is 22.0 Å². The van der Waals surface area contributed by atoms with Crippen molar-refractivity contribution in [2.24, 2.45) is 5.92 Å². The Morgan fingerprint density at radius 2 is 1.90 bits per heavy atom. The van der Waals surface area contributed by atoms with Crippen molar-refractivity contribution >= 4 is 27.3 Å². The van der Waals surface area contributed by atoms with Crippen molar-refractivity contribution in [3.8, 4) is 11.1 Å². The first-order chi connectivity index (χ1) is 14.2. The molecule has 2 aliphatic rings. The Morgan fingerprint density at radius 3 is 2.60 bits per heavy atom. The first-order valence-electron chi connectivity index (χ1n) is 10.0. The number of hydrogen-bond donors (Lipinski definition) is 1. The summed E-state index contributed by atoms with van der Waals surface area (Å²) >= 11 is 1.43. The molecule has 1 saturated heterocycles. The summed E-state index contributed by atoms with van der Waals surface area (Å²) in [6, 6.07) is 5.39. The van der Waals surface area contributed by atoms with E-state index in [1.165, 1.54) is 29.5 Å². The molecule has 0 spiro atoms. The highest BCUT2D eigenvalue weighted by Gasteiger charge is 2.47. The predicted molar refractivity (Wildman–Crippen MR) is 113 cm³/mol. The lowest BCUT2D eigenvalue weighted by molar-refractivity contribution is -0.132. The number of likely N-dealkylation sites (tertiary alicyclic amines) is 1. The molecule has 3 atom stereocenters. The maximum absolute atomic E-state index is 14.3. The van der Waals surface area contributed by atoms with Gasteiger partial charge in [0.1, 0.15) is 11.6 Å². The van der Waals surface area contributed by atoms with Gasteiger partial charge in [0, 0.05) is 41.4 Å². The van der Waals surface area contributed by atoms with Crippen LogP contribution in [-0.2, 0) is 14.8 Å². The molecule has 0 radical (unpaired) electrons. The van der Waals surface area contributed by atoms with Crippen LogP contribution in [-0.4, -0.2) is 44.6 Å². The maximum Gasteiger partial charge on any atom is 0.226 e. The molecule has 5 nitrogen and oxygen atoms in total. The first kappa shape index (κ1) is 21.4. The number of nitrogens with zero attached hydrogens (tertiary/aromatic N) is 1.